The van der Waals surface area contributed by atoms with Gasteiger partial charge in [-0.15, -0.1) is 0 Å². The molecule has 1 N–H and O–H groups in total. The molecule has 136 valence electrons. The van der Waals surface area contributed by atoms with Crippen LogP contribution < -0.4 is 10.2 Å². The Morgan fingerprint density at radius 2 is 1.84 bits per heavy atom. The summed E-state index contributed by atoms with van der Waals surface area (Å²) in [7, 11) is 2.22. The monoisotopic (exact) mass is 342 g/mol. The predicted molar refractivity (Wildman–Crippen MR) is 101 cm³/mol. The van der Waals surface area contributed by atoms with Gasteiger partial charge in [0, 0.05) is 43.4 Å². The number of hydrogen-bond acceptors (Lipinski definition) is 3. The second-order valence-corrected chi connectivity index (χ2v) is 8.00. The number of carbonyl (C=O) groups is 1. The van der Waals surface area contributed by atoms with Crippen molar-refractivity contribution in [2.45, 2.75) is 56.8 Å². The number of rotatable bonds is 2. The molecule has 0 saturated carbocycles. The molecule has 1 aromatic rings. The molecule has 4 rings (SSSR count). The summed E-state index contributed by atoms with van der Waals surface area (Å²) in [6, 6.07) is 12.6. The lowest BCUT2D eigenvalue weighted by molar-refractivity contribution is 0.185. The normalized spacial score (nSPS) is 32.7. The number of urea groups is 1. The highest BCUT2D eigenvalue weighted by Gasteiger charge is 2.37. The van der Waals surface area contributed by atoms with Gasteiger partial charge < -0.3 is 15.1 Å². The summed E-state index contributed by atoms with van der Waals surface area (Å²) in [5.41, 5.74) is 1.25. The van der Waals surface area contributed by atoms with E-state index in [-0.39, 0.29) is 12.1 Å². The minimum Gasteiger partial charge on any atom is -0.367 e. The molecule has 5 nitrogen and oxygen atoms in total. The quantitative estimate of drug-likeness (QED) is 0.898. The molecule has 3 fully saturated rings. The molecule has 2 amide bonds. The first-order chi connectivity index (χ1) is 12.1. The Labute approximate surface area is 151 Å². The van der Waals surface area contributed by atoms with E-state index in [1.165, 1.54) is 18.5 Å². The molecule has 3 aliphatic heterocycles. The summed E-state index contributed by atoms with van der Waals surface area (Å²) in [4.78, 5) is 19.8. The molecule has 0 aliphatic carbocycles. The largest absolute Gasteiger partial charge is 0.367 e. The minimum atomic E-state index is 0.132. The van der Waals surface area contributed by atoms with Crippen molar-refractivity contribution in [3.8, 4) is 0 Å². The zero-order valence-electron chi connectivity index (χ0n) is 15.4. The van der Waals surface area contributed by atoms with E-state index >= 15 is 0 Å². The van der Waals surface area contributed by atoms with E-state index in [4.69, 9.17) is 0 Å². The Balaban J connectivity index is 1.35. The fourth-order valence-corrected chi connectivity index (χ4v) is 4.87. The van der Waals surface area contributed by atoms with E-state index in [1.807, 2.05) is 6.07 Å². The van der Waals surface area contributed by atoms with Gasteiger partial charge in [-0.05, 0) is 51.8 Å². The first-order valence-corrected chi connectivity index (χ1v) is 9.71. The maximum Gasteiger partial charge on any atom is 0.317 e. The summed E-state index contributed by atoms with van der Waals surface area (Å²) in [5.74, 6) is 0. The Kier molecular flexibility index (Phi) is 4.59. The van der Waals surface area contributed by atoms with Crippen LogP contribution in [0.2, 0.25) is 0 Å². The van der Waals surface area contributed by atoms with E-state index in [2.05, 4.69) is 58.3 Å². The van der Waals surface area contributed by atoms with Crippen LogP contribution in [0.4, 0.5) is 10.5 Å². The molecule has 25 heavy (non-hydrogen) atoms. The van der Waals surface area contributed by atoms with Gasteiger partial charge in [0.1, 0.15) is 0 Å². The molecule has 4 atom stereocenters. The summed E-state index contributed by atoms with van der Waals surface area (Å²) < 4.78 is 0. The van der Waals surface area contributed by atoms with Gasteiger partial charge in [0.2, 0.25) is 0 Å². The average Bonchev–Trinajstić information content (AvgIpc) is 3.07. The van der Waals surface area contributed by atoms with Crippen molar-refractivity contribution in [1.29, 1.82) is 0 Å². The number of amides is 2. The Morgan fingerprint density at radius 3 is 2.64 bits per heavy atom. The number of nitrogens with one attached hydrogen (secondary N) is 1. The predicted octanol–water partition coefficient (Wildman–Crippen LogP) is 2.53. The van der Waals surface area contributed by atoms with Gasteiger partial charge in [-0.25, -0.2) is 4.79 Å². The number of benzene rings is 1. The van der Waals surface area contributed by atoms with Crippen LogP contribution in [0.1, 0.15) is 32.6 Å². The van der Waals surface area contributed by atoms with Gasteiger partial charge in [0.25, 0.3) is 0 Å². The number of anilines is 1. The van der Waals surface area contributed by atoms with Gasteiger partial charge in [-0.1, -0.05) is 18.2 Å². The third-order valence-corrected chi connectivity index (χ3v) is 6.43. The number of nitrogens with zero attached hydrogens (tertiary/aromatic N) is 3. The topological polar surface area (TPSA) is 38.8 Å². The molecule has 1 aromatic carbocycles. The van der Waals surface area contributed by atoms with E-state index < -0.39 is 0 Å². The Hall–Kier alpha value is -1.75. The number of hydrogen-bond donors (Lipinski definition) is 1. The Morgan fingerprint density at radius 1 is 1.08 bits per heavy atom. The number of likely N-dealkylation sites (N-methyl/N-ethyl adjacent to an activating group) is 1. The zero-order chi connectivity index (χ0) is 17.4. The third-order valence-electron chi connectivity index (χ3n) is 6.43. The van der Waals surface area contributed by atoms with Crippen molar-refractivity contribution < 1.29 is 4.79 Å². The smallest absolute Gasteiger partial charge is 0.317 e. The van der Waals surface area contributed by atoms with Crippen molar-refractivity contribution >= 4 is 11.7 Å². The maximum absolute atomic E-state index is 12.8. The van der Waals surface area contributed by atoms with E-state index in [0.29, 0.717) is 18.1 Å². The minimum absolute atomic E-state index is 0.132. The van der Waals surface area contributed by atoms with Crippen molar-refractivity contribution in [3.05, 3.63) is 30.3 Å². The number of carbonyl (C=O) groups excluding carboxylic acids is 1. The van der Waals surface area contributed by atoms with Crippen LogP contribution in [0.5, 0.6) is 0 Å². The van der Waals surface area contributed by atoms with Crippen LogP contribution in [0.25, 0.3) is 0 Å². The van der Waals surface area contributed by atoms with Crippen LogP contribution in [-0.4, -0.2) is 66.7 Å². The average molecular weight is 342 g/mol. The first-order valence-electron chi connectivity index (χ1n) is 9.71. The van der Waals surface area contributed by atoms with Gasteiger partial charge in [0.05, 0.1) is 6.04 Å². The summed E-state index contributed by atoms with van der Waals surface area (Å²) in [6.45, 7) is 4.92. The number of para-hydroxylation sites is 1. The molecule has 3 aliphatic rings. The molecular weight excluding hydrogens is 312 g/mol. The molecule has 0 spiro atoms. The molecule has 3 saturated heterocycles. The summed E-state index contributed by atoms with van der Waals surface area (Å²) in [5, 5.41) is 3.31. The summed E-state index contributed by atoms with van der Waals surface area (Å²) >= 11 is 0. The van der Waals surface area contributed by atoms with Crippen molar-refractivity contribution in [3.63, 3.8) is 0 Å². The van der Waals surface area contributed by atoms with E-state index in [0.717, 1.165) is 32.5 Å². The molecule has 0 aromatic heterocycles. The van der Waals surface area contributed by atoms with E-state index in [1.54, 1.807) is 0 Å². The van der Waals surface area contributed by atoms with Gasteiger partial charge >= 0.3 is 6.03 Å². The van der Waals surface area contributed by atoms with Crippen LogP contribution in [0, 0.1) is 0 Å². The van der Waals surface area contributed by atoms with Crippen LogP contribution in [0.15, 0.2) is 30.3 Å². The number of likely N-dealkylation sites (tertiary alicyclic amines) is 1. The SMILES string of the molecule is C[C@H]1C[C@@H](NC(=O)N2CC[C@H]3CC[C@@H](C2)N3C)CN1c1ccccc1. The van der Waals surface area contributed by atoms with Crippen molar-refractivity contribution in [2.24, 2.45) is 0 Å². The van der Waals surface area contributed by atoms with Crippen LogP contribution in [-0.2, 0) is 0 Å². The highest BCUT2D eigenvalue weighted by molar-refractivity contribution is 5.75. The molecule has 0 unspecified atom stereocenters. The number of fused-ring (bicyclic) bond motifs is 2. The standard InChI is InChI=1S/C20H30N4O/c1-15-12-16(13-24(15)18-6-4-3-5-7-18)21-20(25)23-11-10-17-8-9-19(14-23)22(17)2/h3-7,15-17,19H,8-14H2,1-2H3,(H,21,25)/t15-,16+,17+,19-/m0/s1. The molecular formula is C20H30N4O. The third kappa shape index (κ3) is 3.34. The molecule has 0 radical (unpaired) electrons. The Bertz CT molecular complexity index is 607. The van der Waals surface area contributed by atoms with Crippen molar-refractivity contribution in [2.75, 3.05) is 31.6 Å². The fourth-order valence-electron chi connectivity index (χ4n) is 4.87. The van der Waals surface area contributed by atoms with Crippen LogP contribution >= 0.6 is 0 Å². The lowest BCUT2D eigenvalue weighted by Crippen LogP contribution is -2.48. The molecule has 2 bridgehead atoms. The second-order valence-electron chi connectivity index (χ2n) is 8.00. The second kappa shape index (κ2) is 6.87. The zero-order valence-corrected chi connectivity index (χ0v) is 15.4. The lowest BCUT2D eigenvalue weighted by atomic mass is 10.1. The van der Waals surface area contributed by atoms with Gasteiger partial charge in [-0.3, -0.25) is 4.90 Å². The van der Waals surface area contributed by atoms with Crippen molar-refractivity contribution in [1.82, 2.24) is 15.1 Å². The van der Waals surface area contributed by atoms with Crippen LogP contribution in [0.3, 0.4) is 0 Å². The van der Waals surface area contributed by atoms with Gasteiger partial charge in [-0.2, -0.15) is 0 Å². The van der Waals surface area contributed by atoms with Gasteiger partial charge in [0.15, 0.2) is 0 Å². The highest BCUT2D eigenvalue weighted by atomic mass is 16.2. The maximum atomic E-state index is 12.8. The highest BCUT2D eigenvalue weighted by Crippen LogP contribution is 2.29. The molecule has 5 heteroatoms. The lowest BCUT2D eigenvalue weighted by Gasteiger charge is -2.27. The fraction of sp³-hybridized carbons (Fsp3) is 0.650. The van der Waals surface area contributed by atoms with E-state index in [9.17, 15) is 4.79 Å². The molecule has 3 heterocycles. The first kappa shape index (κ1) is 16.7. The summed E-state index contributed by atoms with van der Waals surface area (Å²) in [6.07, 6.45) is 4.65.